The van der Waals surface area contributed by atoms with Crippen LogP contribution in [0.4, 0.5) is 11.4 Å². The molecule has 4 heteroatoms. The van der Waals surface area contributed by atoms with Crippen LogP contribution in [0.2, 0.25) is 0 Å². The lowest BCUT2D eigenvalue weighted by molar-refractivity contribution is 0.0601. The molecular weight excluding hydrogens is 228 g/mol. The summed E-state index contributed by atoms with van der Waals surface area (Å²) in [5.41, 5.74) is 2.72. The third-order valence-corrected chi connectivity index (χ3v) is 3.20. The predicted octanol–water partition coefficient (Wildman–Crippen LogP) is 2.50. The van der Waals surface area contributed by atoms with Crippen LogP contribution >= 0.6 is 0 Å². The van der Waals surface area contributed by atoms with Crippen LogP contribution in [0, 0.1) is 0 Å². The van der Waals surface area contributed by atoms with Crippen LogP contribution in [0.25, 0.3) is 0 Å². The van der Waals surface area contributed by atoms with Gasteiger partial charge in [-0.05, 0) is 39.0 Å². The average molecular weight is 248 g/mol. The zero-order chi connectivity index (χ0) is 13.3. The van der Waals surface area contributed by atoms with E-state index < -0.39 is 0 Å². The summed E-state index contributed by atoms with van der Waals surface area (Å²) < 4.78 is 4.75. The van der Waals surface area contributed by atoms with Crippen molar-refractivity contribution in [1.82, 2.24) is 0 Å². The summed E-state index contributed by atoms with van der Waals surface area (Å²) in [5.74, 6) is -0.300. The SMILES string of the molecule is CCN1CC(C)(C)Nc2cc(C(=O)OC)ccc21. The van der Waals surface area contributed by atoms with Crippen molar-refractivity contribution < 1.29 is 9.53 Å². The lowest BCUT2D eigenvalue weighted by Crippen LogP contribution is -2.48. The predicted molar refractivity (Wildman–Crippen MR) is 73.4 cm³/mol. The molecule has 0 fully saturated rings. The molecule has 1 heterocycles. The third-order valence-electron chi connectivity index (χ3n) is 3.20. The number of nitrogens with zero attached hydrogens (tertiary/aromatic N) is 1. The largest absolute Gasteiger partial charge is 0.465 e. The normalized spacial score (nSPS) is 16.8. The molecule has 2 rings (SSSR count). The fourth-order valence-corrected chi connectivity index (χ4v) is 2.41. The van der Waals surface area contributed by atoms with Gasteiger partial charge in [-0.25, -0.2) is 4.79 Å². The number of likely N-dealkylation sites (N-methyl/N-ethyl adjacent to an activating group) is 1. The van der Waals surface area contributed by atoms with E-state index in [-0.39, 0.29) is 11.5 Å². The van der Waals surface area contributed by atoms with Crippen molar-refractivity contribution in [2.24, 2.45) is 0 Å². The molecule has 4 nitrogen and oxygen atoms in total. The summed E-state index contributed by atoms with van der Waals surface area (Å²) in [4.78, 5) is 13.9. The molecular formula is C14H20N2O2. The Morgan fingerprint density at radius 2 is 2.22 bits per heavy atom. The maximum absolute atomic E-state index is 11.5. The summed E-state index contributed by atoms with van der Waals surface area (Å²) in [6.45, 7) is 8.36. The average Bonchev–Trinajstić information content (AvgIpc) is 2.34. The van der Waals surface area contributed by atoms with Gasteiger partial charge in [-0.15, -0.1) is 0 Å². The van der Waals surface area contributed by atoms with E-state index in [9.17, 15) is 4.79 Å². The van der Waals surface area contributed by atoms with E-state index >= 15 is 0 Å². The second-order valence-corrected chi connectivity index (χ2v) is 5.25. The Hall–Kier alpha value is -1.71. The van der Waals surface area contributed by atoms with Gasteiger partial charge < -0.3 is 15.0 Å². The smallest absolute Gasteiger partial charge is 0.337 e. The molecule has 0 unspecified atom stereocenters. The molecule has 0 saturated heterocycles. The number of fused-ring (bicyclic) bond motifs is 1. The van der Waals surface area contributed by atoms with E-state index in [0.717, 1.165) is 24.5 Å². The first-order chi connectivity index (χ1) is 8.46. The summed E-state index contributed by atoms with van der Waals surface area (Å²) in [6, 6.07) is 5.66. The quantitative estimate of drug-likeness (QED) is 0.816. The number of hydrogen-bond acceptors (Lipinski definition) is 4. The maximum Gasteiger partial charge on any atom is 0.337 e. The van der Waals surface area contributed by atoms with Crippen molar-refractivity contribution >= 4 is 17.3 Å². The van der Waals surface area contributed by atoms with Crippen LogP contribution in [0.1, 0.15) is 31.1 Å². The van der Waals surface area contributed by atoms with Gasteiger partial charge in [-0.1, -0.05) is 0 Å². The molecule has 98 valence electrons. The van der Waals surface area contributed by atoms with Crippen molar-refractivity contribution in [3.8, 4) is 0 Å². The summed E-state index contributed by atoms with van der Waals surface area (Å²) in [5, 5.41) is 3.47. The molecule has 1 N–H and O–H groups in total. The number of esters is 1. The van der Waals surface area contributed by atoms with E-state index in [1.165, 1.54) is 7.11 Å². The number of benzene rings is 1. The molecule has 0 aliphatic carbocycles. The van der Waals surface area contributed by atoms with Gasteiger partial charge in [0.2, 0.25) is 0 Å². The maximum atomic E-state index is 11.5. The zero-order valence-electron chi connectivity index (χ0n) is 11.4. The highest BCUT2D eigenvalue weighted by Gasteiger charge is 2.29. The van der Waals surface area contributed by atoms with Gasteiger partial charge in [-0.2, -0.15) is 0 Å². The Balaban J connectivity index is 2.42. The summed E-state index contributed by atoms with van der Waals surface area (Å²) >= 11 is 0. The molecule has 0 aromatic heterocycles. The van der Waals surface area contributed by atoms with Crippen molar-refractivity contribution in [3.05, 3.63) is 23.8 Å². The van der Waals surface area contributed by atoms with Crippen LogP contribution in [-0.2, 0) is 4.74 Å². The van der Waals surface area contributed by atoms with Gasteiger partial charge in [0.1, 0.15) is 0 Å². The minimum atomic E-state index is -0.300. The second kappa shape index (κ2) is 4.52. The van der Waals surface area contributed by atoms with E-state index in [4.69, 9.17) is 4.74 Å². The first-order valence-corrected chi connectivity index (χ1v) is 6.22. The zero-order valence-corrected chi connectivity index (χ0v) is 11.4. The number of nitrogens with one attached hydrogen (secondary N) is 1. The molecule has 0 atom stereocenters. The fraction of sp³-hybridized carbons (Fsp3) is 0.500. The molecule has 0 saturated carbocycles. The van der Waals surface area contributed by atoms with E-state index in [2.05, 4.69) is 31.0 Å². The molecule has 0 radical (unpaired) electrons. The third kappa shape index (κ3) is 2.28. The van der Waals surface area contributed by atoms with E-state index in [0.29, 0.717) is 5.56 Å². The first kappa shape index (κ1) is 12.7. The topological polar surface area (TPSA) is 41.6 Å². The monoisotopic (exact) mass is 248 g/mol. The molecule has 18 heavy (non-hydrogen) atoms. The highest BCUT2D eigenvalue weighted by Crippen LogP contribution is 2.35. The Morgan fingerprint density at radius 3 is 2.83 bits per heavy atom. The molecule has 1 aromatic rings. The second-order valence-electron chi connectivity index (χ2n) is 5.25. The number of hydrogen-bond donors (Lipinski definition) is 1. The Morgan fingerprint density at radius 1 is 1.50 bits per heavy atom. The Labute approximate surface area is 108 Å². The summed E-state index contributed by atoms with van der Waals surface area (Å²) in [7, 11) is 1.40. The van der Waals surface area contributed by atoms with Gasteiger partial charge >= 0.3 is 5.97 Å². The minimum absolute atomic E-state index is 0.00223. The van der Waals surface area contributed by atoms with Gasteiger partial charge in [0, 0.05) is 18.6 Å². The highest BCUT2D eigenvalue weighted by atomic mass is 16.5. The number of anilines is 2. The molecule has 1 aromatic carbocycles. The summed E-state index contributed by atoms with van der Waals surface area (Å²) in [6.07, 6.45) is 0. The van der Waals surface area contributed by atoms with Gasteiger partial charge in [0.25, 0.3) is 0 Å². The molecule has 0 spiro atoms. The van der Waals surface area contributed by atoms with Crippen LogP contribution in [0.15, 0.2) is 18.2 Å². The van der Waals surface area contributed by atoms with Crippen LogP contribution in [-0.4, -0.2) is 31.7 Å². The van der Waals surface area contributed by atoms with E-state index in [1.807, 2.05) is 18.2 Å². The van der Waals surface area contributed by atoms with Crippen molar-refractivity contribution in [2.45, 2.75) is 26.3 Å². The Kier molecular flexibility index (Phi) is 3.20. The fourth-order valence-electron chi connectivity index (χ4n) is 2.41. The minimum Gasteiger partial charge on any atom is -0.465 e. The van der Waals surface area contributed by atoms with Gasteiger partial charge in [-0.3, -0.25) is 0 Å². The molecule has 1 aliphatic rings. The number of carbonyl (C=O) groups excluding carboxylic acids is 1. The lowest BCUT2D eigenvalue weighted by atomic mass is 9.98. The van der Waals surface area contributed by atoms with Crippen molar-refractivity contribution in [2.75, 3.05) is 30.4 Å². The van der Waals surface area contributed by atoms with Crippen LogP contribution in [0.5, 0.6) is 0 Å². The van der Waals surface area contributed by atoms with Crippen molar-refractivity contribution in [3.63, 3.8) is 0 Å². The lowest BCUT2D eigenvalue weighted by Gasteiger charge is -2.41. The Bertz CT molecular complexity index is 469. The highest BCUT2D eigenvalue weighted by molar-refractivity contribution is 5.92. The number of carbonyl (C=O) groups is 1. The molecule has 0 bridgehead atoms. The molecule has 0 amide bonds. The number of ether oxygens (including phenoxy) is 1. The van der Waals surface area contributed by atoms with Crippen LogP contribution in [0.3, 0.4) is 0 Å². The first-order valence-electron chi connectivity index (χ1n) is 6.22. The van der Waals surface area contributed by atoms with Gasteiger partial charge in [0.05, 0.1) is 24.0 Å². The van der Waals surface area contributed by atoms with Crippen LogP contribution < -0.4 is 10.2 Å². The number of methoxy groups -OCH3 is 1. The van der Waals surface area contributed by atoms with E-state index in [1.54, 1.807) is 0 Å². The van der Waals surface area contributed by atoms with Crippen molar-refractivity contribution in [1.29, 1.82) is 0 Å². The van der Waals surface area contributed by atoms with Gasteiger partial charge in [0.15, 0.2) is 0 Å². The number of rotatable bonds is 2. The molecule has 1 aliphatic heterocycles. The standard InChI is InChI=1S/C14H20N2O2/c1-5-16-9-14(2,3)15-11-8-10(13(17)18-4)6-7-12(11)16/h6-8,15H,5,9H2,1-4H3.